The van der Waals surface area contributed by atoms with E-state index in [4.69, 9.17) is 4.55 Å². The maximum Gasteiger partial charge on any atom is 0.264 e. The first-order chi connectivity index (χ1) is 7.58. The van der Waals surface area contributed by atoms with E-state index < -0.39 is 10.1 Å². The molecule has 0 spiro atoms. The van der Waals surface area contributed by atoms with E-state index in [1.165, 1.54) is 4.88 Å². The van der Waals surface area contributed by atoms with Crippen LogP contribution in [-0.2, 0) is 16.5 Å². The number of thiophene rings is 1. The van der Waals surface area contributed by atoms with E-state index in [-0.39, 0.29) is 5.75 Å². The monoisotopic (exact) mass is 262 g/mol. The van der Waals surface area contributed by atoms with Gasteiger partial charge in [-0.15, -0.1) is 11.3 Å². The highest BCUT2D eigenvalue weighted by atomic mass is 32.2. The lowest BCUT2D eigenvalue weighted by atomic mass is 10.1. The minimum Gasteiger partial charge on any atom is -0.286 e. The van der Waals surface area contributed by atoms with Crippen molar-refractivity contribution in [2.24, 2.45) is 0 Å². The molecule has 0 unspecified atom stereocenters. The van der Waals surface area contributed by atoms with Crippen LogP contribution >= 0.6 is 11.3 Å². The fraction of sp³-hybridized carbons (Fsp3) is 0.636. The number of hydrogen-bond acceptors (Lipinski definition) is 3. The predicted molar refractivity (Wildman–Crippen MR) is 67.5 cm³/mol. The zero-order valence-electron chi connectivity index (χ0n) is 9.26. The number of unbranched alkanes of at least 4 members (excludes halogenated alkanes) is 4. The first kappa shape index (κ1) is 13.7. The molecule has 0 bridgehead atoms. The van der Waals surface area contributed by atoms with Crippen LogP contribution in [-0.4, -0.2) is 18.7 Å². The van der Waals surface area contributed by atoms with Gasteiger partial charge in [-0.05, 0) is 30.7 Å². The molecule has 1 N–H and O–H groups in total. The van der Waals surface area contributed by atoms with Gasteiger partial charge in [0.15, 0.2) is 0 Å². The molecule has 92 valence electrons. The molecule has 1 rings (SSSR count). The topological polar surface area (TPSA) is 54.4 Å². The molecular formula is C11H18O3S2. The average molecular weight is 262 g/mol. The highest BCUT2D eigenvalue weighted by Gasteiger charge is 2.02. The van der Waals surface area contributed by atoms with Crippen LogP contribution in [0.1, 0.15) is 37.0 Å². The van der Waals surface area contributed by atoms with Crippen molar-refractivity contribution in [3.63, 3.8) is 0 Å². The molecule has 0 fully saturated rings. The second kappa shape index (κ2) is 7.04. The standard InChI is InChI=1S/C11H18O3S2/c12-16(13,14)10-5-3-1-2-4-7-11-8-6-9-15-11/h6,8-9H,1-5,7,10H2,(H,12,13,14). The summed E-state index contributed by atoms with van der Waals surface area (Å²) >= 11 is 1.78. The fourth-order valence-corrected chi connectivity index (χ4v) is 2.89. The summed E-state index contributed by atoms with van der Waals surface area (Å²) in [6.07, 6.45) is 5.90. The first-order valence-electron chi connectivity index (χ1n) is 5.55. The van der Waals surface area contributed by atoms with Gasteiger partial charge in [0.05, 0.1) is 5.75 Å². The van der Waals surface area contributed by atoms with E-state index in [0.29, 0.717) is 6.42 Å². The Bertz CT molecular complexity index is 368. The SMILES string of the molecule is O=S(=O)(O)CCCCCCCc1cccs1. The van der Waals surface area contributed by atoms with Gasteiger partial charge in [-0.2, -0.15) is 8.42 Å². The maximum absolute atomic E-state index is 10.4. The molecule has 0 aliphatic carbocycles. The van der Waals surface area contributed by atoms with Gasteiger partial charge in [-0.1, -0.05) is 25.3 Å². The molecule has 0 aliphatic heterocycles. The molecule has 16 heavy (non-hydrogen) atoms. The van der Waals surface area contributed by atoms with Crippen molar-refractivity contribution >= 4 is 21.5 Å². The van der Waals surface area contributed by atoms with Gasteiger partial charge in [0.1, 0.15) is 0 Å². The minimum absolute atomic E-state index is 0.0993. The average Bonchev–Trinajstić information content (AvgIpc) is 2.67. The Morgan fingerprint density at radius 3 is 2.44 bits per heavy atom. The highest BCUT2D eigenvalue weighted by Crippen LogP contribution is 2.13. The van der Waals surface area contributed by atoms with E-state index in [0.717, 1.165) is 32.1 Å². The molecule has 5 heteroatoms. The Labute approximate surface area is 101 Å². The number of rotatable bonds is 8. The lowest BCUT2D eigenvalue weighted by Crippen LogP contribution is -2.03. The molecule has 0 atom stereocenters. The molecule has 1 aromatic rings. The fourth-order valence-electron chi connectivity index (χ4n) is 1.57. The summed E-state index contributed by atoms with van der Waals surface area (Å²) in [4.78, 5) is 1.41. The molecule has 1 aromatic heterocycles. The van der Waals surface area contributed by atoms with Gasteiger partial charge < -0.3 is 0 Å². The highest BCUT2D eigenvalue weighted by molar-refractivity contribution is 7.85. The zero-order chi connectivity index (χ0) is 11.9. The van der Waals surface area contributed by atoms with E-state index in [2.05, 4.69) is 17.5 Å². The predicted octanol–water partition coefficient (Wildman–Crippen LogP) is 3.13. The second-order valence-corrected chi connectivity index (χ2v) is 6.49. The molecule has 0 aromatic carbocycles. The van der Waals surface area contributed by atoms with Crippen LogP contribution in [0.5, 0.6) is 0 Å². The number of aryl methyl sites for hydroxylation is 1. The summed E-state index contributed by atoms with van der Waals surface area (Å²) < 4.78 is 29.4. The van der Waals surface area contributed by atoms with Gasteiger partial charge in [0.2, 0.25) is 0 Å². The summed E-state index contributed by atoms with van der Waals surface area (Å²) in [5, 5.41) is 2.08. The Hall–Kier alpha value is -0.390. The quantitative estimate of drug-likeness (QED) is 0.578. The molecule has 0 amide bonds. The van der Waals surface area contributed by atoms with Crippen molar-refractivity contribution in [3.8, 4) is 0 Å². The van der Waals surface area contributed by atoms with E-state index in [1.54, 1.807) is 11.3 Å². The van der Waals surface area contributed by atoms with Crippen molar-refractivity contribution in [3.05, 3.63) is 22.4 Å². The van der Waals surface area contributed by atoms with Crippen molar-refractivity contribution in [2.75, 3.05) is 5.75 Å². The van der Waals surface area contributed by atoms with Crippen molar-refractivity contribution in [2.45, 2.75) is 38.5 Å². The summed E-state index contributed by atoms with van der Waals surface area (Å²) in [5.74, 6) is -0.0993. The summed E-state index contributed by atoms with van der Waals surface area (Å²) in [6, 6.07) is 4.20. The Balaban J connectivity index is 1.93. The maximum atomic E-state index is 10.4. The molecule has 0 radical (unpaired) electrons. The van der Waals surface area contributed by atoms with E-state index in [1.807, 2.05) is 0 Å². The van der Waals surface area contributed by atoms with Crippen LogP contribution in [0.3, 0.4) is 0 Å². The van der Waals surface area contributed by atoms with Gasteiger partial charge in [-0.3, -0.25) is 4.55 Å². The van der Waals surface area contributed by atoms with Crippen molar-refractivity contribution < 1.29 is 13.0 Å². The third-order valence-electron chi connectivity index (χ3n) is 2.41. The number of hydrogen-bond donors (Lipinski definition) is 1. The van der Waals surface area contributed by atoms with Crippen LogP contribution < -0.4 is 0 Å². The van der Waals surface area contributed by atoms with Crippen LogP contribution in [0.25, 0.3) is 0 Å². The van der Waals surface area contributed by atoms with E-state index in [9.17, 15) is 8.42 Å². The normalized spacial score (nSPS) is 11.8. The van der Waals surface area contributed by atoms with Gasteiger partial charge in [0, 0.05) is 4.88 Å². The molecule has 0 saturated heterocycles. The Morgan fingerprint density at radius 2 is 1.81 bits per heavy atom. The van der Waals surface area contributed by atoms with E-state index >= 15 is 0 Å². The van der Waals surface area contributed by atoms with Crippen molar-refractivity contribution in [1.29, 1.82) is 0 Å². The molecule has 1 heterocycles. The second-order valence-electron chi connectivity index (χ2n) is 3.88. The lowest BCUT2D eigenvalue weighted by Gasteiger charge is -2.00. The molecular weight excluding hydrogens is 244 g/mol. The third-order valence-corrected chi connectivity index (χ3v) is 4.15. The van der Waals surface area contributed by atoms with Crippen LogP contribution in [0.4, 0.5) is 0 Å². The molecule has 0 saturated carbocycles. The van der Waals surface area contributed by atoms with Crippen molar-refractivity contribution in [1.82, 2.24) is 0 Å². The third kappa shape index (κ3) is 6.98. The van der Waals surface area contributed by atoms with Gasteiger partial charge in [-0.25, -0.2) is 0 Å². The first-order valence-corrected chi connectivity index (χ1v) is 8.04. The van der Waals surface area contributed by atoms with Crippen LogP contribution in [0.2, 0.25) is 0 Å². The summed E-state index contributed by atoms with van der Waals surface area (Å²) in [7, 11) is -3.75. The summed E-state index contributed by atoms with van der Waals surface area (Å²) in [5.41, 5.74) is 0. The zero-order valence-corrected chi connectivity index (χ0v) is 10.9. The van der Waals surface area contributed by atoms with Gasteiger partial charge in [0.25, 0.3) is 10.1 Å². The largest absolute Gasteiger partial charge is 0.286 e. The summed E-state index contributed by atoms with van der Waals surface area (Å²) in [6.45, 7) is 0. The molecule has 0 aliphatic rings. The van der Waals surface area contributed by atoms with Gasteiger partial charge >= 0.3 is 0 Å². The Kier molecular flexibility index (Phi) is 6.01. The minimum atomic E-state index is -3.75. The molecule has 3 nitrogen and oxygen atoms in total. The van der Waals surface area contributed by atoms with Crippen LogP contribution in [0, 0.1) is 0 Å². The lowest BCUT2D eigenvalue weighted by molar-refractivity contribution is 0.479. The smallest absolute Gasteiger partial charge is 0.264 e. The Morgan fingerprint density at radius 1 is 1.12 bits per heavy atom. The van der Waals surface area contributed by atoms with Crippen LogP contribution in [0.15, 0.2) is 17.5 Å².